The summed E-state index contributed by atoms with van der Waals surface area (Å²) in [5, 5.41) is 10.4. The Morgan fingerprint density at radius 2 is 2.00 bits per heavy atom. The average molecular weight is 234 g/mol. The molecule has 1 aliphatic rings. The van der Waals surface area contributed by atoms with Crippen LogP contribution in [0.15, 0.2) is 24.3 Å². The molecule has 0 unspecified atom stereocenters. The van der Waals surface area contributed by atoms with Crippen LogP contribution in [0.2, 0.25) is 0 Å². The molecule has 0 bridgehead atoms. The third-order valence-electron chi connectivity index (χ3n) is 3.44. The van der Waals surface area contributed by atoms with Gasteiger partial charge >= 0.3 is 0 Å². The largest absolute Gasteiger partial charge is 0.497 e. The minimum absolute atomic E-state index is 0.170. The highest BCUT2D eigenvalue weighted by Crippen LogP contribution is 2.31. The maximum absolute atomic E-state index is 12.3. The molecule has 0 amide bonds. The molecule has 1 aliphatic carbocycles. The number of methoxy groups -OCH3 is 1. The van der Waals surface area contributed by atoms with Gasteiger partial charge in [0.1, 0.15) is 11.4 Å². The van der Waals surface area contributed by atoms with Crippen molar-refractivity contribution in [3.63, 3.8) is 0 Å². The minimum Gasteiger partial charge on any atom is -0.497 e. The van der Waals surface area contributed by atoms with E-state index >= 15 is 0 Å². The Balaban J connectivity index is 2.23. The summed E-state index contributed by atoms with van der Waals surface area (Å²) in [5.41, 5.74) is -0.626. The van der Waals surface area contributed by atoms with E-state index in [1.807, 2.05) is 0 Å². The van der Waals surface area contributed by atoms with Crippen LogP contribution >= 0.6 is 0 Å². The molecule has 3 nitrogen and oxygen atoms in total. The molecule has 0 aliphatic heterocycles. The van der Waals surface area contributed by atoms with Gasteiger partial charge in [-0.1, -0.05) is 31.4 Å². The molecule has 92 valence electrons. The summed E-state index contributed by atoms with van der Waals surface area (Å²) < 4.78 is 5.09. The van der Waals surface area contributed by atoms with Gasteiger partial charge in [-0.2, -0.15) is 0 Å². The van der Waals surface area contributed by atoms with Crippen molar-refractivity contribution >= 4 is 5.78 Å². The van der Waals surface area contributed by atoms with E-state index in [0.717, 1.165) is 19.3 Å². The van der Waals surface area contributed by atoms with Gasteiger partial charge in [-0.3, -0.25) is 4.79 Å². The zero-order valence-corrected chi connectivity index (χ0v) is 10.1. The van der Waals surface area contributed by atoms with E-state index in [2.05, 4.69) is 0 Å². The van der Waals surface area contributed by atoms with E-state index in [4.69, 9.17) is 4.74 Å². The van der Waals surface area contributed by atoms with Gasteiger partial charge in [0.05, 0.1) is 7.11 Å². The molecule has 1 aromatic carbocycles. The number of hydrogen-bond donors (Lipinski definition) is 1. The number of aliphatic hydroxyl groups is 1. The number of ketones is 1. The monoisotopic (exact) mass is 234 g/mol. The van der Waals surface area contributed by atoms with Crippen molar-refractivity contribution in [2.75, 3.05) is 7.11 Å². The zero-order valence-electron chi connectivity index (χ0n) is 10.1. The standard InChI is InChI=1S/C14H18O3/c1-17-12-7-5-6-11(10-12)13(15)14(16)8-3-2-4-9-14/h5-7,10,16H,2-4,8-9H2,1H3. The van der Waals surface area contributed by atoms with Crippen LogP contribution in [-0.2, 0) is 0 Å². The van der Waals surface area contributed by atoms with E-state index < -0.39 is 5.60 Å². The lowest BCUT2D eigenvalue weighted by Crippen LogP contribution is -2.40. The first-order chi connectivity index (χ1) is 8.15. The summed E-state index contributed by atoms with van der Waals surface area (Å²) in [6, 6.07) is 6.99. The highest BCUT2D eigenvalue weighted by molar-refractivity contribution is 6.02. The number of ether oxygens (including phenoxy) is 1. The molecule has 1 aromatic rings. The summed E-state index contributed by atoms with van der Waals surface area (Å²) in [6.07, 6.45) is 4.10. The SMILES string of the molecule is COc1cccc(C(=O)C2(O)CCCCC2)c1. The zero-order chi connectivity index (χ0) is 12.3. The van der Waals surface area contributed by atoms with Crippen molar-refractivity contribution in [3.8, 4) is 5.75 Å². The van der Waals surface area contributed by atoms with Gasteiger partial charge in [0.25, 0.3) is 0 Å². The number of carbonyl (C=O) groups is 1. The Kier molecular flexibility index (Phi) is 3.48. The topological polar surface area (TPSA) is 46.5 Å². The average Bonchev–Trinajstić information content (AvgIpc) is 2.39. The molecule has 0 heterocycles. The maximum Gasteiger partial charge on any atom is 0.194 e. The molecule has 0 spiro atoms. The van der Waals surface area contributed by atoms with Crippen LogP contribution in [-0.4, -0.2) is 23.6 Å². The lowest BCUT2D eigenvalue weighted by molar-refractivity contribution is 0.0116. The van der Waals surface area contributed by atoms with Crippen molar-refractivity contribution < 1.29 is 14.6 Å². The Labute approximate surface area is 101 Å². The van der Waals surface area contributed by atoms with Crippen molar-refractivity contribution in [1.29, 1.82) is 0 Å². The van der Waals surface area contributed by atoms with E-state index in [1.165, 1.54) is 0 Å². The van der Waals surface area contributed by atoms with Crippen LogP contribution < -0.4 is 4.74 Å². The lowest BCUT2D eigenvalue weighted by atomic mass is 9.79. The van der Waals surface area contributed by atoms with E-state index in [9.17, 15) is 9.90 Å². The highest BCUT2D eigenvalue weighted by atomic mass is 16.5. The predicted octanol–water partition coefficient (Wildman–Crippen LogP) is 2.57. The lowest BCUT2D eigenvalue weighted by Gasteiger charge is -2.30. The van der Waals surface area contributed by atoms with Crippen LogP contribution in [0.5, 0.6) is 5.75 Å². The van der Waals surface area contributed by atoms with Crippen molar-refractivity contribution in [2.45, 2.75) is 37.7 Å². The van der Waals surface area contributed by atoms with Gasteiger partial charge < -0.3 is 9.84 Å². The Hall–Kier alpha value is -1.35. The van der Waals surface area contributed by atoms with Crippen LogP contribution in [0.1, 0.15) is 42.5 Å². The van der Waals surface area contributed by atoms with E-state index in [-0.39, 0.29) is 5.78 Å². The summed E-state index contributed by atoms with van der Waals surface area (Å²) in [4.78, 5) is 12.3. The van der Waals surface area contributed by atoms with Gasteiger partial charge in [-0.25, -0.2) is 0 Å². The summed E-state index contributed by atoms with van der Waals surface area (Å²) >= 11 is 0. The molecular formula is C14H18O3. The maximum atomic E-state index is 12.3. The number of carbonyl (C=O) groups excluding carboxylic acids is 1. The molecule has 0 saturated heterocycles. The van der Waals surface area contributed by atoms with Crippen LogP contribution in [0.25, 0.3) is 0 Å². The quantitative estimate of drug-likeness (QED) is 0.818. The second-order valence-electron chi connectivity index (χ2n) is 4.65. The molecule has 17 heavy (non-hydrogen) atoms. The number of rotatable bonds is 3. The van der Waals surface area contributed by atoms with E-state index in [0.29, 0.717) is 24.2 Å². The second kappa shape index (κ2) is 4.88. The summed E-state index contributed by atoms with van der Waals surface area (Å²) in [7, 11) is 1.57. The first-order valence-electron chi connectivity index (χ1n) is 6.07. The van der Waals surface area contributed by atoms with Crippen LogP contribution in [0.4, 0.5) is 0 Å². The van der Waals surface area contributed by atoms with Crippen LogP contribution in [0.3, 0.4) is 0 Å². The predicted molar refractivity (Wildman–Crippen MR) is 65.4 cm³/mol. The smallest absolute Gasteiger partial charge is 0.194 e. The molecular weight excluding hydrogens is 216 g/mol. The molecule has 0 radical (unpaired) electrons. The fraction of sp³-hybridized carbons (Fsp3) is 0.500. The third-order valence-corrected chi connectivity index (χ3v) is 3.44. The highest BCUT2D eigenvalue weighted by Gasteiger charge is 2.37. The molecule has 1 fully saturated rings. The van der Waals surface area contributed by atoms with Gasteiger partial charge in [0.15, 0.2) is 5.78 Å². The van der Waals surface area contributed by atoms with Crippen molar-refractivity contribution in [3.05, 3.63) is 29.8 Å². The Morgan fingerprint density at radius 1 is 1.29 bits per heavy atom. The first kappa shape index (κ1) is 12.1. The summed E-state index contributed by atoms with van der Waals surface area (Å²) in [5.74, 6) is 0.478. The molecule has 1 saturated carbocycles. The van der Waals surface area contributed by atoms with E-state index in [1.54, 1.807) is 31.4 Å². The number of Topliss-reactive ketones (excluding diaryl/α,β-unsaturated/α-hetero) is 1. The molecule has 1 N–H and O–H groups in total. The fourth-order valence-corrected chi connectivity index (χ4v) is 2.40. The second-order valence-corrected chi connectivity index (χ2v) is 4.65. The molecule has 2 rings (SSSR count). The molecule has 3 heteroatoms. The minimum atomic E-state index is -1.16. The van der Waals surface area contributed by atoms with Gasteiger partial charge in [-0.05, 0) is 25.0 Å². The van der Waals surface area contributed by atoms with Gasteiger partial charge in [0.2, 0.25) is 0 Å². The fourth-order valence-electron chi connectivity index (χ4n) is 2.40. The number of benzene rings is 1. The van der Waals surface area contributed by atoms with Gasteiger partial charge in [-0.15, -0.1) is 0 Å². The molecule has 0 atom stereocenters. The third kappa shape index (κ3) is 2.50. The first-order valence-corrected chi connectivity index (χ1v) is 6.07. The Morgan fingerprint density at radius 3 is 2.65 bits per heavy atom. The van der Waals surface area contributed by atoms with Crippen molar-refractivity contribution in [1.82, 2.24) is 0 Å². The molecule has 0 aromatic heterocycles. The van der Waals surface area contributed by atoms with Crippen molar-refractivity contribution in [2.24, 2.45) is 0 Å². The number of hydrogen-bond acceptors (Lipinski definition) is 3. The normalized spacial score (nSPS) is 18.7. The van der Waals surface area contributed by atoms with Crippen LogP contribution in [0, 0.1) is 0 Å². The van der Waals surface area contributed by atoms with Gasteiger partial charge in [0, 0.05) is 5.56 Å². The Bertz CT molecular complexity index is 406. The summed E-state index contributed by atoms with van der Waals surface area (Å²) in [6.45, 7) is 0.